The number of fused-ring (bicyclic) bond motifs is 3. The summed E-state index contributed by atoms with van der Waals surface area (Å²) >= 11 is 0. The topological polar surface area (TPSA) is 100 Å². The molecule has 226 valence electrons. The van der Waals surface area contributed by atoms with E-state index in [0.717, 1.165) is 27.6 Å². The molecule has 3 aromatic carbocycles. The smallest absolute Gasteiger partial charge is 0.279 e. The van der Waals surface area contributed by atoms with Crippen molar-refractivity contribution in [1.82, 2.24) is 14.5 Å². The molecule has 0 N–H and O–H groups in total. The van der Waals surface area contributed by atoms with Gasteiger partial charge in [0.1, 0.15) is 17.3 Å². The lowest BCUT2D eigenvalue weighted by atomic mass is 9.85. The molecule has 0 bridgehead atoms. The van der Waals surface area contributed by atoms with E-state index in [4.69, 9.17) is 9.72 Å². The summed E-state index contributed by atoms with van der Waals surface area (Å²) in [6, 6.07) is 26.1. The maximum atomic E-state index is 13.3. The van der Waals surface area contributed by atoms with Gasteiger partial charge in [0.15, 0.2) is 5.78 Å². The highest BCUT2D eigenvalue weighted by Gasteiger charge is 2.29. The molecule has 6 aromatic rings. The number of ether oxygens (including phenoxy) is 1. The molecule has 8 nitrogen and oxygen atoms in total. The number of rotatable bonds is 6. The van der Waals surface area contributed by atoms with Gasteiger partial charge in [0.25, 0.3) is 5.69 Å². The number of pyridine rings is 2. The van der Waals surface area contributed by atoms with E-state index in [9.17, 15) is 14.9 Å². The summed E-state index contributed by atoms with van der Waals surface area (Å²) < 4.78 is 8.48. The molecule has 0 unspecified atom stereocenters. The van der Waals surface area contributed by atoms with Gasteiger partial charge in [0.05, 0.1) is 27.2 Å². The van der Waals surface area contributed by atoms with E-state index in [1.54, 1.807) is 24.3 Å². The molecule has 45 heavy (non-hydrogen) atoms. The van der Waals surface area contributed by atoms with Crippen molar-refractivity contribution in [2.45, 2.75) is 47.0 Å². The number of benzene rings is 3. The molecule has 6 rings (SSSR count). The van der Waals surface area contributed by atoms with Crippen molar-refractivity contribution in [3.63, 3.8) is 0 Å². The summed E-state index contributed by atoms with van der Waals surface area (Å²) in [5.41, 5.74) is 2.97. The minimum absolute atomic E-state index is 0.0523. The highest BCUT2D eigenvalue weighted by Crippen LogP contribution is 2.39. The van der Waals surface area contributed by atoms with Gasteiger partial charge in [-0.1, -0.05) is 59.7 Å². The molecule has 3 heterocycles. The third-order valence-electron chi connectivity index (χ3n) is 7.87. The highest BCUT2D eigenvalue weighted by molar-refractivity contribution is 6.09. The maximum Gasteiger partial charge on any atom is 0.279 e. The third kappa shape index (κ3) is 5.55. The van der Waals surface area contributed by atoms with Gasteiger partial charge in [0, 0.05) is 46.3 Å². The Morgan fingerprint density at radius 1 is 0.778 bits per heavy atom. The van der Waals surface area contributed by atoms with E-state index in [2.05, 4.69) is 48.5 Å². The molecular weight excluding hydrogens is 564 g/mol. The number of para-hydroxylation sites is 1. The zero-order valence-electron chi connectivity index (χ0n) is 26.2. The van der Waals surface area contributed by atoms with Gasteiger partial charge in [-0.25, -0.2) is 4.98 Å². The van der Waals surface area contributed by atoms with Crippen LogP contribution in [0.2, 0.25) is 0 Å². The van der Waals surface area contributed by atoms with E-state index >= 15 is 0 Å². The van der Waals surface area contributed by atoms with E-state index in [0.29, 0.717) is 17.1 Å². The van der Waals surface area contributed by atoms with Crippen molar-refractivity contribution in [2.75, 3.05) is 0 Å². The summed E-state index contributed by atoms with van der Waals surface area (Å²) in [7, 11) is 0. The molecule has 0 aliphatic carbocycles. The average Bonchev–Trinajstić information content (AvgIpc) is 3.33. The van der Waals surface area contributed by atoms with E-state index < -0.39 is 10.3 Å². The van der Waals surface area contributed by atoms with Crippen LogP contribution in [0.3, 0.4) is 0 Å². The lowest BCUT2D eigenvalue weighted by Crippen LogP contribution is -2.21. The van der Waals surface area contributed by atoms with Crippen LogP contribution in [-0.4, -0.2) is 25.2 Å². The fourth-order valence-electron chi connectivity index (χ4n) is 5.54. The number of nitrogens with zero attached hydrogens (tertiary/aromatic N) is 4. The Morgan fingerprint density at radius 3 is 2.22 bits per heavy atom. The molecule has 0 atom stereocenters. The monoisotopic (exact) mass is 598 g/mol. The summed E-state index contributed by atoms with van der Waals surface area (Å²) in [5.74, 6) is 1.57. The van der Waals surface area contributed by atoms with Crippen molar-refractivity contribution in [3.05, 3.63) is 119 Å². The molecule has 0 aliphatic heterocycles. The minimum Gasteiger partial charge on any atom is -0.457 e. The van der Waals surface area contributed by atoms with E-state index in [1.165, 1.54) is 17.8 Å². The number of carbonyl (C=O) groups is 1. The molecule has 0 spiro atoms. The molecule has 0 aliphatic rings. The van der Waals surface area contributed by atoms with Gasteiger partial charge >= 0.3 is 0 Å². The molecule has 0 saturated heterocycles. The summed E-state index contributed by atoms with van der Waals surface area (Å²) in [6.45, 7) is 12.0. The van der Waals surface area contributed by atoms with Crippen molar-refractivity contribution in [3.8, 4) is 28.6 Å². The number of hydrogen-bond acceptors (Lipinski definition) is 6. The Kier molecular flexibility index (Phi) is 7.23. The number of Topliss-reactive ketones (excluding diaryl/α,β-unsaturated/α-hetero) is 1. The molecule has 3 aromatic heterocycles. The predicted octanol–water partition coefficient (Wildman–Crippen LogP) is 9.47. The second-order valence-corrected chi connectivity index (χ2v) is 13.2. The van der Waals surface area contributed by atoms with Crippen LogP contribution < -0.4 is 4.74 Å². The zero-order valence-corrected chi connectivity index (χ0v) is 26.2. The normalized spacial score (nSPS) is 12.0. The van der Waals surface area contributed by atoms with Crippen LogP contribution in [0.1, 0.15) is 57.5 Å². The first-order chi connectivity index (χ1) is 21.3. The van der Waals surface area contributed by atoms with Crippen LogP contribution in [0, 0.1) is 15.5 Å². The van der Waals surface area contributed by atoms with Crippen LogP contribution >= 0.6 is 0 Å². The lowest BCUT2D eigenvalue weighted by molar-refractivity contribution is -0.384. The van der Waals surface area contributed by atoms with Crippen LogP contribution in [0.5, 0.6) is 11.5 Å². The van der Waals surface area contributed by atoms with Crippen LogP contribution in [0.15, 0.2) is 97.3 Å². The quantitative estimate of drug-likeness (QED) is 0.108. The van der Waals surface area contributed by atoms with Gasteiger partial charge in [-0.05, 0) is 65.6 Å². The second kappa shape index (κ2) is 11.0. The van der Waals surface area contributed by atoms with Crippen LogP contribution in [0.4, 0.5) is 5.69 Å². The molecule has 0 saturated carbocycles. The van der Waals surface area contributed by atoms with Gasteiger partial charge in [-0.15, -0.1) is 0 Å². The number of carbonyl (C=O) groups excluding carboxylic acids is 1. The zero-order chi connectivity index (χ0) is 32.1. The number of nitro groups is 1. The first-order valence-corrected chi connectivity index (χ1v) is 14.8. The summed E-state index contributed by atoms with van der Waals surface area (Å²) in [6.07, 6.45) is 3.37. The molecule has 0 amide bonds. The SMILES string of the molecule is CC(C)(C)C(=O)c1cccnc1-c1cc(Oc2ccc3c4ccccc4n(-c4cc(C(C)(C)C)ccn4)c3c2)ccc1[N+](=O)[O-]. The highest BCUT2D eigenvalue weighted by atomic mass is 16.6. The first kappa shape index (κ1) is 29.7. The Bertz CT molecular complexity index is 2120. The van der Waals surface area contributed by atoms with Crippen molar-refractivity contribution >= 4 is 33.3 Å². The maximum absolute atomic E-state index is 13.3. The largest absolute Gasteiger partial charge is 0.457 e. The number of hydrogen-bond donors (Lipinski definition) is 0. The molecule has 0 radical (unpaired) electrons. The predicted molar refractivity (Wildman–Crippen MR) is 177 cm³/mol. The number of aromatic nitrogens is 3. The standard InChI is InChI=1S/C37H34N4O4/c1-36(2,3)23-17-19-38-33(20-23)40-30-12-8-7-10-26(30)27-15-13-25(22-32(27)40)45-24-14-16-31(41(43)44)29(21-24)34-28(11-9-18-39-34)35(42)37(4,5)6/h7-22H,1-6H3. The molecular formula is C37H34N4O4. The van der Waals surface area contributed by atoms with Crippen LogP contribution in [0.25, 0.3) is 38.9 Å². The van der Waals surface area contributed by atoms with E-state index in [1.807, 2.05) is 63.4 Å². The Hall–Kier alpha value is -5.37. The fourth-order valence-corrected chi connectivity index (χ4v) is 5.54. The molecule has 8 heteroatoms. The Balaban J connectivity index is 1.48. The van der Waals surface area contributed by atoms with Gasteiger partial charge in [-0.2, -0.15) is 0 Å². The minimum atomic E-state index is -0.699. The van der Waals surface area contributed by atoms with Crippen LogP contribution in [-0.2, 0) is 5.41 Å². The van der Waals surface area contributed by atoms with Gasteiger partial charge < -0.3 is 4.74 Å². The van der Waals surface area contributed by atoms with E-state index in [-0.39, 0.29) is 28.1 Å². The number of ketones is 1. The second-order valence-electron chi connectivity index (χ2n) is 13.2. The average molecular weight is 599 g/mol. The first-order valence-electron chi connectivity index (χ1n) is 14.8. The third-order valence-corrected chi connectivity index (χ3v) is 7.87. The van der Waals surface area contributed by atoms with Crippen molar-refractivity contribution < 1.29 is 14.5 Å². The Labute approximate surface area is 261 Å². The number of nitro benzene ring substituents is 1. The van der Waals surface area contributed by atoms with Gasteiger partial charge in [0.2, 0.25) is 0 Å². The summed E-state index contributed by atoms with van der Waals surface area (Å²) in [4.78, 5) is 34.1. The molecule has 0 fully saturated rings. The lowest BCUT2D eigenvalue weighted by Gasteiger charge is -2.20. The Morgan fingerprint density at radius 2 is 1.49 bits per heavy atom. The summed E-state index contributed by atoms with van der Waals surface area (Å²) in [5, 5.41) is 14.2. The van der Waals surface area contributed by atoms with Gasteiger partial charge in [-0.3, -0.25) is 24.5 Å². The van der Waals surface area contributed by atoms with Crippen molar-refractivity contribution in [1.29, 1.82) is 0 Å². The van der Waals surface area contributed by atoms with Crippen molar-refractivity contribution in [2.24, 2.45) is 5.41 Å². The fraction of sp³-hybridized carbons (Fsp3) is 0.216.